The number of benzene rings is 1. The van der Waals surface area contributed by atoms with Gasteiger partial charge < -0.3 is 31.8 Å². The molecule has 4 unspecified atom stereocenters. The molecule has 11 heteroatoms. The van der Waals surface area contributed by atoms with Crippen molar-refractivity contribution in [2.75, 3.05) is 5.75 Å². The van der Waals surface area contributed by atoms with E-state index in [0.29, 0.717) is 6.42 Å². The fraction of sp³-hybridized carbons (Fsp3) is 0.478. The van der Waals surface area contributed by atoms with Gasteiger partial charge in [-0.15, -0.1) is 0 Å². The van der Waals surface area contributed by atoms with Crippen molar-refractivity contribution in [3.63, 3.8) is 0 Å². The number of amides is 3. The van der Waals surface area contributed by atoms with E-state index in [4.69, 9.17) is 10.8 Å². The molecule has 2 aromatic rings. The van der Waals surface area contributed by atoms with Gasteiger partial charge in [0.2, 0.25) is 17.7 Å². The number of aromatic nitrogens is 1. The average Bonchev–Trinajstić information content (AvgIpc) is 3.18. The maximum absolute atomic E-state index is 12.9. The Hall–Kier alpha value is -3.05. The van der Waals surface area contributed by atoms with Crippen LogP contribution in [0.3, 0.4) is 0 Å². The van der Waals surface area contributed by atoms with Crippen LogP contribution in [0.2, 0.25) is 0 Å². The van der Waals surface area contributed by atoms with Gasteiger partial charge in [0, 0.05) is 22.9 Å². The largest absolute Gasteiger partial charge is 0.480 e. The fourth-order valence-corrected chi connectivity index (χ4v) is 3.71. The van der Waals surface area contributed by atoms with Crippen LogP contribution < -0.4 is 21.7 Å². The number of hydrogen-bond acceptors (Lipinski definition) is 6. The Morgan fingerprint density at radius 2 is 1.62 bits per heavy atom. The molecular formula is C23H33N5O5S. The predicted octanol–water partition coefficient (Wildman–Crippen LogP) is 0.573. The molecule has 4 atom stereocenters. The lowest BCUT2D eigenvalue weighted by atomic mass is 10.0. The first-order valence-corrected chi connectivity index (χ1v) is 11.7. The van der Waals surface area contributed by atoms with Crippen LogP contribution >= 0.6 is 12.6 Å². The highest BCUT2D eigenvalue weighted by atomic mass is 32.1. The summed E-state index contributed by atoms with van der Waals surface area (Å²) in [7, 11) is 0. The van der Waals surface area contributed by atoms with Gasteiger partial charge in [-0.3, -0.25) is 19.2 Å². The Bertz CT molecular complexity index is 1020. The van der Waals surface area contributed by atoms with E-state index in [0.717, 1.165) is 16.5 Å². The van der Waals surface area contributed by atoms with Gasteiger partial charge in [0.15, 0.2) is 0 Å². The normalized spacial score (nSPS) is 14.8. The molecule has 0 spiro atoms. The second-order valence-electron chi connectivity index (χ2n) is 8.67. The van der Waals surface area contributed by atoms with Gasteiger partial charge in [0.1, 0.15) is 18.1 Å². The van der Waals surface area contributed by atoms with E-state index in [2.05, 4.69) is 33.6 Å². The Morgan fingerprint density at radius 1 is 1.00 bits per heavy atom. The van der Waals surface area contributed by atoms with E-state index >= 15 is 0 Å². The standard InChI is InChI=1S/C23H33N5O5S/c1-12(2)8-18(21(30)28-19(11-34)22(31)26-13(3)23(32)33)27-20(29)16(24)9-14-10-25-17-7-5-4-6-15(14)17/h4-7,10,12-13,16,18-19,25,34H,8-9,11,24H2,1-3H3,(H,26,31)(H,27,29)(H,28,30)(H,32,33). The maximum atomic E-state index is 12.9. The molecule has 7 N–H and O–H groups in total. The monoisotopic (exact) mass is 491 g/mol. The summed E-state index contributed by atoms with van der Waals surface area (Å²) in [6.45, 7) is 5.11. The van der Waals surface area contributed by atoms with Gasteiger partial charge in [-0.2, -0.15) is 12.6 Å². The van der Waals surface area contributed by atoms with Gasteiger partial charge in [0.05, 0.1) is 6.04 Å². The molecule has 0 bridgehead atoms. The van der Waals surface area contributed by atoms with E-state index in [1.54, 1.807) is 0 Å². The van der Waals surface area contributed by atoms with Gasteiger partial charge in [0.25, 0.3) is 0 Å². The third-order valence-corrected chi connectivity index (χ3v) is 5.70. The predicted molar refractivity (Wildman–Crippen MR) is 132 cm³/mol. The van der Waals surface area contributed by atoms with Crippen LogP contribution in [0.25, 0.3) is 10.9 Å². The van der Waals surface area contributed by atoms with Crippen molar-refractivity contribution in [2.45, 2.75) is 57.8 Å². The number of carboxylic acids is 1. The number of carboxylic acid groups (broad SMARTS) is 1. The first-order chi connectivity index (χ1) is 16.0. The Morgan fingerprint density at radius 3 is 2.24 bits per heavy atom. The zero-order chi connectivity index (χ0) is 25.4. The maximum Gasteiger partial charge on any atom is 0.325 e. The molecule has 0 aliphatic heterocycles. The molecule has 0 aliphatic rings. The number of aromatic amines is 1. The topological polar surface area (TPSA) is 166 Å². The quantitative estimate of drug-likeness (QED) is 0.214. The fourth-order valence-electron chi connectivity index (χ4n) is 3.45. The highest BCUT2D eigenvalue weighted by molar-refractivity contribution is 7.80. The molecule has 0 saturated heterocycles. The second kappa shape index (κ2) is 12.4. The zero-order valence-corrected chi connectivity index (χ0v) is 20.4. The summed E-state index contributed by atoms with van der Waals surface area (Å²) in [5.41, 5.74) is 7.98. The van der Waals surface area contributed by atoms with Crippen LogP contribution in [-0.2, 0) is 25.6 Å². The minimum Gasteiger partial charge on any atom is -0.480 e. The number of hydrogen-bond donors (Lipinski definition) is 7. The van der Waals surface area contributed by atoms with Crippen LogP contribution in [-0.4, -0.2) is 63.7 Å². The summed E-state index contributed by atoms with van der Waals surface area (Å²) >= 11 is 4.09. The molecule has 1 heterocycles. The molecular weight excluding hydrogens is 458 g/mol. The molecule has 34 heavy (non-hydrogen) atoms. The van der Waals surface area contributed by atoms with Gasteiger partial charge in [-0.05, 0) is 37.3 Å². The summed E-state index contributed by atoms with van der Waals surface area (Å²) in [5.74, 6) is -2.92. The molecule has 1 aromatic heterocycles. The van der Waals surface area contributed by atoms with Crippen LogP contribution in [0.15, 0.2) is 30.5 Å². The Balaban J connectivity index is 2.05. The van der Waals surface area contributed by atoms with Crippen molar-refractivity contribution in [1.82, 2.24) is 20.9 Å². The molecule has 186 valence electrons. The summed E-state index contributed by atoms with van der Waals surface area (Å²) in [4.78, 5) is 52.2. The highest BCUT2D eigenvalue weighted by Gasteiger charge is 2.29. The second-order valence-corrected chi connectivity index (χ2v) is 9.04. The molecule has 2 rings (SSSR count). The molecule has 0 saturated carbocycles. The highest BCUT2D eigenvalue weighted by Crippen LogP contribution is 2.19. The first-order valence-electron chi connectivity index (χ1n) is 11.1. The lowest BCUT2D eigenvalue weighted by molar-refractivity contribution is -0.141. The molecule has 0 fully saturated rings. The van der Waals surface area contributed by atoms with Crippen molar-refractivity contribution in [2.24, 2.45) is 11.7 Å². The number of aliphatic carboxylic acids is 1. The van der Waals surface area contributed by atoms with Crippen LogP contribution in [0.1, 0.15) is 32.8 Å². The van der Waals surface area contributed by atoms with E-state index in [1.807, 2.05) is 44.3 Å². The van der Waals surface area contributed by atoms with E-state index in [-0.39, 0.29) is 18.1 Å². The smallest absolute Gasteiger partial charge is 0.325 e. The average molecular weight is 492 g/mol. The van der Waals surface area contributed by atoms with E-state index < -0.39 is 47.9 Å². The summed E-state index contributed by atoms with van der Waals surface area (Å²) in [6, 6.07) is 3.68. The van der Waals surface area contributed by atoms with Crippen molar-refractivity contribution in [3.05, 3.63) is 36.0 Å². The summed E-state index contributed by atoms with van der Waals surface area (Å²) < 4.78 is 0. The summed E-state index contributed by atoms with van der Waals surface area (Å²) in [6.07, 6.45) is 2.41. The minimum atomic E-state index is -1.20. The van der Waals surface area contributed by atoms with Gasteiger partial charge in [-0.25, -0.2) is 0 Å². The van der Waals surface area contributed by atoms with E-state index in [9.17, 15) is 19.2 Å². The molecule has 0 radical (unpaired) electrons. The minimum absolute atomic E-state index is 0.0493. The number of H-pyrrole nitrogens is 1. The van der Waals surface area contributed by atoms with Gasteiger partial charge >= 0.3 is 5.97 Å². The number of para-hydroxylation sites is 1. The van der Waals surface area contributed by atoms with E-state index in [1.165, 1.54) is 6.92 Å². The van der Waals surface area contributed by atoms with Crippen molar-refractivity contribution in [1.29, 1.82) is 0 Å². The lowest BCUT2D eigenvalue weighted by Crippen LogP contribution is -2.57. The first kappa shape index (κ1) is 27.2. The Kier molecular flexibility index (Phi) is 9.94. The number of thiol groups is 1. The van der Waals surface area contributed by atoms with Crippen molar-refractivity contribution < 1.29 is 24.3 Å². The summed E-state index contributed by atoms with van der Waals surface area (Å²) in [5, 5.41) is 17.5. The molecule has 3 amide bonds. The number of carbonyl (C=O) groups is 4. The number of rotatable bonds is 12. The molecule has 10 nitrogen and oxygen atoms in total. The molecule has 0 aliphatic carbocycles. The number of fused-ring (bicyclic) bond motifs is 1. The number of nitrogens with one attached hydrogen (secondary N) is 4. The number of carbonyl (C=O) groups excluding carboxylic acids is 3. The van der Waals surface area contributed by atoms with Crippen molar-refractivity contribution >= 4 is 47.2 Å². The number of nitrogens with two attached hydrogens (primary N) is 1. The third-order valence-electron chi connectivity index (χ3n) is 5.34. The molecule has 1 aromatic carbocycles. The van der Waals surface area contributed by atoms with Crippen LogP contribution in [0.5, 0.6) is 0 Å². The lowest BCUT2D eigenvalue weighted by Gasteiger charge is -2.25. The SMILES string of the molecule is CC(C)CC(NC(=O)C(N)Cc1c[nH]c2ccccc12)C(=O)NC(CS)C(=O)NC(C)C(=O)O. The zero-order valence-electron chi connectivity index (χ0n) is 19.5. The van der Waals surface area contributed by atoms with Crippen molar-refractivity contribution in [3.8, 4) is 0 Å². The van der Waals surface area contributed by atoms with Crippen LogP contribution in [0, 0.1) is 5.92 Å². The van der Waals surface area contributed by atoms with Gasteiger partial charge in [-0.1, -0.05) is 32.0 Å². The Labute approximate surface area is 203 Å². The third kappa shape index (κ3) is 7.49. The van der Waals surface area contributed by atoms with Crippen LogP contribution in [0.4, 0.5) is 0 Å².